The van der Waals surface area contributed by atoms with Gasteiger partial charge < -0.3 is 10.4 Å². The fourth-order valence-corrected chi connectivity index (χ4v) is 4.31. The van der Waals surface area contributed by atoms with Gasteiger partial charge in [-0.05, 0) is 30.4 Å². The number of hydrogen-bond donors (Lipinski definition) is 2. The van der Waals surface area contributed by atoms with E-state index >= 15 is 0 Å². The summed E-state index contributed by atoms with van der Waals surface area (Å²) in [5.41, 5.74) is 0.310. The summed E-state index contributed by atoms with van der Waals surface area (Å²) in [5, 5.41) is 16.7. The third kappa shape index (κ3) is 3.23. The summed E-state index contributed by atoms with van der Waals surface area (Å²) in [4.78, 5) is 24.2. The lowest BCUT2D eigenvalue weighted by Gasteiger charge is -2.23. The summed E-state index contributed by atoms with van der Waals surface area (Å²) in [5.74, 6) is -2.91. The standard InChI is InChI=1S/C19H17ClFN3O3/c20-13-2-1-3-14(21)12(13)9-24-7-6-15(23-24)22-18(25)16-10-4-5-11(8-10)17(16)19(26)27/h1-7,10-11,16-17H,8-9H2,(H,26,27)(H,22,23,25)/t10-,11-,16-,17+/m0/s1. The van der Waals surface area contributed by atoms with Crippen LogP contribution in [-0.2, 0) is 16.1 Å². The summed E-state index contributed by atoms with van der Waals surface area (Å²) >= 11 is 6.03. The van der Waals surface area contributed by atoms with Crippen LogP contribution in [0.4, 0.5) is 10.2 Å². The second-order valence-electron chi connectivity index (χ2n) is 6.93. The van der Waals surface area contributed by atoms with Gasteiger partial charge in [0.25, 0.3) is 0 Å². The predicted octanol–water partition coefficient (Wildman–Crippen LogP) is 3.19. The van der Waals surface area contributed by atoms with Gasteiger partial charge in [-0.2, -0.15) is 5.10 Å². The molecule has 1 amide bonds. The summed E-state index contributed by atoms with van der Waals surface area (Å²) in [6.45, 7) is 0.121. The summed E-state index contributed by atoms with van der Waals surface area (Å²) in [6.07, 6.45) is 6.11. The fourth-order valence-electron chi connectivity index (χ4n) is 4.09. The molecule has 0 spiro atoms. The SMILES string of the molecule is O=C(Nc1ccn(Cc2c(F)cccc2Cl)n1)[C@@H]1[C@H](C(=O)O)[C@H]2C=C[C@H]1C2. The van der Waals surface area contributed by atoms with E-state index in [4.69, 9.17) is 11.6 Å². The highest BCUT2D eigenvalue weighted by Crippen LogP contribution is 2.48. The van der Waals surface area contributed by atoms with Crippen molar-refractivity contribution in [1.29, 1.82) is 0 Å². The molecule has 0 radical (unpaired) electrons. The van der Waals surface area contributed by atoms with Crippen molar-refractivity contribution in [2.45, 2.75) is 13.0 Å². The van der Waals surface area contributed by atoms with Crippen molar-refractivity contribution in [1.82, 2.24) is 9.78 Å². The number of anilines is 1. The number of hydrogen-bond acceptors (Lipinski definition) is 3. The summed E-state index contributed by atoms with van der Waals surface area (Å²) in [6, 6.07) is 6.03. The molecular formula is C19H17ClFN3O3. The number of carboxylic acid groups (broad SMARTS) is 1. The summed E-state index contributed by atoms with van der Waals surface area (Å²) < 4.78 is 15.4. The molecule has 4 rings (SSSR count). The molecule has 1 heterocycles. The molecule has 2 aliphatic carbocycles. The second kappa shape index (κ2) is 6.81. The van der Waals surface area contributed by atoms with Crippen LogP contribution < -0.4 is 5.32 Å². The Balaban J connectivity index is 1.47. The van der Waals surface area contributed by atoms with Gasteiger partial charge in [-0.15, -0.1) is 0 Å². The van der Waals surface area contributed by atoms with Crippen LogP contribution in [0.15, 0.2) is 42.6 Å². The third-order valence-electron chi connectivity index (χ3n) is 5.32. The van der Waals surface area contributed by atoms with Crippen molar-refractivity contribution < 1.29 is 19.1 Å². The monoisotopic (exact) mass is 389 g/mol. The summed E-state index contributed by atoms with van der Waals surface area (Å²) in [7, 11) is 0. The van der Waals surface area contributed by atoms with E-state index in [1.165, 1.54) is 16.8 Å². The number of benzene rings is 1. The molecule has 140 valence electrons. The van der Waals surface area contributed by atoms with E-state index in [0.29, 0.717) is 22.8 Å². The van der Waals surface area contributed by atoms with Crippen LogP contribution in [0.25, 0.3) is 0 Å². The molecule has 2 aliphatic rings. The maximum atomic E-state index is 13.9. The van der Waals surface area contributed by atoms with Gasteiger partial charge in [-0.1, -0.05) is 29.8 Å². The lowest BCUT2D eigenvalue weighted by Crippen LogP contribution is -2.36. The largest absolute Gasteiger partial charge is 0.481 e. The Kier molecular flexibility index (Phi) is 4.47. The normalized spacial score (nSPS) is 25.7. The van der Waals surface area contributed by atoms with Gasteiger partial charge in [0.15, 0.2) is 5.82 Å². The number of allylic oxidation sites excluding steroid dienone is 2. The first-order valence-electron chi connectivity index (χ1n) is 8.62. The van der Waals surface area contributed by atoms with E-state index in [9.17, 15) is 19.1 Å². The van der Waals surface area contributed by atoms with Gasteiger partial charge in [-0.25, -0.2) is 4.39 Å². The highest BCUT2D eigenvalue weighted by Gasteiger charge is 2.51. The van der Waals surface area contributed by atoms with Crippen LogP contribution in [0.2, 0.25) is 5.02 Å². The minimum Gasteiger partial charge on any atom is -0.481 e. The Morgan fingerprint density at radius 3 is 2.70 bits per heavy atom. The van der Waals surface area contributed by atoms with Gasteiger partial charge >= 0.3 is 5.97 Å². The Bertz CT molecular complexity index is 922. The van der Waals surface area contributed by atoms with Crippen LogP contribution in [0, 0.1) is 29.5 Å². The molecule has 1 fully saturated rings. The van der Waals surface area contributed by atoms with Crippen molar-refractivity contribution in [3.05, 3.63) is 59.0 Å². The number of rotatable bonds is 5. The van der Waals surface area contributed by atoms with Crippen molar-refractivity contribution in [2.24, 2.45) is 23.7 Å². The van der Waals surface area contributed by atoms with Gasteiger partial charge in [0.1, 0.15) is 5.82 Å². The topological polar surface area (TPSA) is 84.2 Å². The Labute approximate surface area is 159 Å². The lowest BCUT2D eigenvalue weighted by atomic mass is 9.82. The number of amides is 1. The molecule has 0 unspecified atom stereocenters. The number of aliphatic carboxylic acids is 1. The highest BCUT2D eigenvalue weighted by molar-refractivity contribution is 6.31. The molecule has 8 heteroatoms. The molecule has 2 aromatic rings. The molecule has 1 aromatic carbocycles. The van der Waals surface area contributed by atoms with Crippen molar-refractivity contribution in [3.63, 3.8) is 0 Å². The number of nitrogens with zero attached hydrogens (tertiary/aromatic N) is 2. The average Bonchev–Trinajstić information content (AvgIpc) is 3.33. The number of carbonyl (C=O) groups excluding carboxylic acids is 1. The molecule has 4 atom stereocenters. The second-order valence-corrected chi connectivity index (χ2v) is 7.33. The minimum atomic E-state index is -0.952. The Morgan fingerprint density at radius 2 is 2.00 bits per heavy atom. The zero-order chi connectivity index (χ0) is 19.1. The number of halogens is 2. The fraction of sp³-hybridized carbons (Fsp3) is 0.316. The number of fused-ring (bicyclic) bond motifs is 2. The van der Waals surface area contributed by atoms with Crippen LogP contribution in [0.1, 0.15) is 12.0 Å². The Morgan fingerprint density at radius 1 is 1.26 bits per heavy atom. The zero-order valence-corrected chi connectivity index (χ0v) is 14.9. The van der Waals surface area contributed by atoms with Gasteiger partial charge in [0.05, 0.1) is 18.4 Å². The zero-order valence-electron chi connectivity index (χ0n) is 14.2. The maximum Gasteiger partial charge on any atom is 0.307 e. The molecule has 0 aliphatic heterocycles. The van der Waals surface area contributed by atoms with Crippen molar-refractivity contribution in [3.8, 4) is 0 Å². The molecule has 2 N–H and O–H groups in total. The molecule has 6 nitrogen and oxygen atoms in total. The van der Waals surface area contributed by atoms with Crippen molar-refractivity contribution >= 4 is 29.3 Å². The smallest absolute Gasteiger partial charge is 0.307 e. The van der Waals surface area contributed by atoms with Crippen LogP contribution in [-0.4, -0.2) is 26.8 Å². The van der Waals surface area contributed by atoms with Crippen LogP contribution in [0.3, 0.4) is 0 Å². The molecular weight excluding hydrogens is 373 g/mol. The van der Waals surface area contributed by atoms with Crippen LogP contribution >= 0.6 is 11.6 Å². The van der Waals surface area contributed by atoms with Gasteiger partial charge in [0.2, 0.25) is 5.91 Å². The number of carbonyl (C=O) groups is 2. The first kappa shape index (κ1) is 17.7. The predicted molar refractivity (Wildman–Crippen MR) is 96.7 cm³/mol. The number of carboxylic acids is 1. The first-order chi connectivity index (χ1) is 12.9. The first-order valence-corrected chi connectivity index (χ1v) is 9.00. The van der Waals surface area contributed by atoms with E-state index in [2.05, 4.69) is 10.4 Å². The Hall–Kier alpha value is -2.67. The number of nitrogens with one attached hydrogen (secondary N) is 1. The number of aromatic nitrogens is 2. The van der Waals surface area contributed by atoms with Gasteiger partial charge in [0, 0.05) is 22.8 Å². The van der Waals surface area contributed by atoms with Crippen LogP contribution in [0.5, 0.6) is 0 Å². The average molecular weight is 390 g/mol. The van der Waals surface area contributed by atoms with Crippen molar-refractivity contribution in [2.75, 3.05) is 5.32 Å². The maximum absolute atomic E-state index is 13.9. The molecule has 1 saturated carbocycles. The van der Waals surface area contributed by atoms with Gasteiger partial charge in [-0.3, -0.25) is 14.3 Å². The van der Waals surface area contributed by atoms with E-state index in [1.54, 1.807) is 18.3 Å². The minimum absolute atomic E-state index is 0.0598. The molecule has 1 aromatic heterocycles. The lowest BCUT2D eigenvalue weighted by molar-refractivity contribution is -0.146. The highest BCUT2D eigenvalue weighted by atomic mass is 35.5. The van der Waals surface area contributed by atoms with E-state index < -0.39 is 23.6 Å². The molecule has 2 bridgehead atoms. The van der Waals surface area contributed by atoms with E-state index in [-0.39, 0.29) is 24.3 Å². The molecule has 0 saturated heterocycles. The van der Waals surface area contributed by atoms with E-state index in [1.807, 2.05) is 12.2 Å². The molecule has 27 heavy (non-hydrogen) atoms. The third-order valence-corrected chi connectivity index (χ3v) is 5.68. The quantitative estimate of drug-likeness (QED) is 0.769. The van der Waals surface area contributed by atoms with E-state index in [0.717, 1.165) is 0 Å².